The van der Waals surface area contributed by atoms with E-state index in [1.807, 2.05) is 0 Å². The van der Waals surface area contributed by atoms with Gasteiger partial charge in [-0.3, -0.25) is 0 Å². The van der Waals surface area contributed by atoms with Crippen molar-refractivity contribution in [3.05, 3.63) is 0 Å². The van der Waals surface area contributed by atoms with Gasteiger partial charge in [0.2, 0.25) is 0 Å². The Morgan fingerprint density at radius 1 is 1.15 bits per heavy atom. The zero-order chi connectivity index (χ0) is 10.7. The SMILES string of the molecule is CCN(CC)CC(C)(O)C(F)(F)F. The van der Waals surface area contributed by atoms with Crippen molar-refractivity contribution < 1.29 is 18.3 Å². The highest BCUT2D eigenvalue weighted by molar-refractivity contribution is 4.84. The Balaban J connectivity index is 4.31. The number of hydrogen-bond donors (Lipinski definition) is 1. The second kappa shape index (κ2) is 4.28. The molecule has 1 unspecified atom stereocenters. The van der Waals surface area contributed by atoms with E-state index >= 15 is 0 Å². The van der Waals surface area contributed by atoms with Crippen molar-refractivity contribution in [3.8, 4) is 0 Å². The van der Waals surface area contributed by atoms with Gasteiger partial charge in [0.25, 0.3) is 0 Å². The molecule has 0 radical (unpaired) electrons. The van der Waals surface area contributed by atoms with E-state index < -0.39 is 11.8 Å². The van der Waals surface area contributed by atoms with E-state index in [9.17, 15) is 13.2 Å². The number of nitrogens with zero attached hydrogens (tertiary/aromatic N) is 1. The minimum atomic E-state index is -4.56. The van der Waals surface area contributed by atoms with Gasteiger partial charge in [-0.15, -0.1) is 0 Å². The Bertz CT molecular complexity index is 152. The van der Waals surface area contributed by atoms with Crippen LogP contribution in [-0.2, 0) is 0 Å². The normalized spacial score (nSPS) is 17.5. The first-order valence-electron chi connectivity index (χ1n) is 4.26. The van der Waals surface area contributed by atoms with Gasteiger partial charge in [-0.25, -0.2) is 0 Å². The standard InChI is InChI=1S/C8H16F3NO/c1-4-12(5-2)6-7(3,13)8(9,10)11/h13H,4-6H2,1-3H3. The maximum Gasteiger partial charge on any atom is 0.418 e. The molecule has 0 aliphatic rings. The van der Waals surface area contributed by atoms with Crippen molar-refractivity contribution in [1.29, 1.82) is 0 Å². The molecule has 0 rings (SSSR count). The lowest BCUT2D eigenvalue weighted by atomic mass is 10.1. The van der Waals surface area contributed by atoms with E-state index in [1.54, 1.807) is 13.8 Å². The summed E-state index contributed by atoms with van der Waals surface area (Å²) in [6.45, 7) is 4.95. The molecule has 0 heterocycles. The molecule has 0 aromatic carbocycles. The summed E-state index contributed by atoms with van der Waals surface area (Å²) in [5, 5.41) is 9.12. The summed E-state index contributed by atoms with van der Waals surface area (Å²) in [5.74, 6) is 0. The lowest BCUT2D eigenvalue weighted by Gasteiger charge is -2.31. The average molecular weight is 199 g/mol. The molecule has 5 heteroatoms. The van der Waals surface area contributed by atoms with Crippen LogP contribution >= 0.6 is 0 Å². The van der Waals surface area contributed by atoms with Crippen molar-refractivity contribution in [2.75, 3.05) is 19.6 Å². The highest BCUT2D eigenvalue weighted by Crippen LogP contribution is 2.30. The lowest BCUT2D eigenvalue weighted by Crippen LogP contribution is -2.51. The van der Waals surface area contributed by atoms with Crippen molar-refractivity contribution in [2.45, 2.75) is 32.5 Å². The largest absolute Gasteiger partial charge is 0.418 e. The van der Waals surface area contributed by atoms with Gasteiger partial charge in [0.05, 0.1) is 0 Å². The fourth-order valence-electron chi connectivity index (χ4n) is 0.972. The topological polar surface area (TPSA) is 23.5 Å². The second-order valence-electron chi connectivity index (χ2n) is 3.23. The molecular weight excluding hydrogens is 183 g/mol. The predicted molar refractivity (Wildman–Crippen MR) is 44.5 cm³/mol. The fourth-order valence-corrected chi connectivity index (χ4v) is 0.972. The van der Waals surface area contributed by atoms with E-state index in [2.05, 4.69) is 0 Å². The van der Waals surface area contributed by atoms with E-state index in [0.717, 1.165) is 6.92 Å². The third-order valence-corrected chi connectivity index (χ3v) is 2.04. The average Bonchev–Trinajstić information content (AvgIpc) is 1.98. The van der Waals surface area contributed by atoms with Gasteiger partial charge in [0, 0.05) is 6.54 Å². The minimum Gasteiger partial charge on any atom is -0.380 e. The van der Waals surface area contributed by atoms with Crippen LogP contribution in [0.4, 0.5) is 13.2 Å². The number of hydrogen-bond acceptors (Lipinski definition) is 2. The Hall–Kier alpha value is -0.290. The maximum absolute atomic E-state index is 12.2. The Morgan fingerprint density at radius 3 is 1.77 bits per heavy atom. The molecule has 80 valence electrons. The number of halogens is 3. The van der Waals surface area contributed by atoms with Gasteiger partial charge in [0.15, 0.2) is 5.60 Å². The van der Waals surface area contributed by atoms with Crippen molar-refractivity contribution in [3.63, 3.8) is 0 Å². The van der Waals surface area contributed by atoms with Crippen LogP contribution in [0.2, 0.25) is 0 Å². The van der Waals surface area contributed by atoms with Gasteiger partial charge in [-0.05, 0) is 20.0 Å². The zero-order valence-corrected chi connectivity index (χ0v) is 8.15. The monoisotopic (exact) mass is 199 g/mol. The Kier molecular flexibility index (Phi) is 4.19. The van der Waals surface area contributed by atoms with Crippen LogP contribution in [0.5, 0.6) is 0 Å². The van der Waals surface area contributed by atoms with Gasteiger partial charge in [-0.1, -0.05) is 13.8 Å². The first kappa shape index (κ1) is 12.7. The van der Waals surface area contributed by atoms with Crippen molar-refractivity contribution in [1.82, 2.24) is 4.90 Å². The minimum absolute atomic E-state index is 0.372. The Labute approximate surface area is 76.3 Å². The molecule has 0 bridgehead atoms. The molecule has 0 aromatic rings. The van der Waals surface area contributed by atoms with E-state index in [4.69, 9.17) is 5.11 Å². The van der Waals surface area contributed by atoms with Crippen LogP contribution in [-0.4, -0.2) is 41.4 Å². The number of likely N-dealkylation sites (N-methyl/N-ethyl adjacent to an activating group) is 1. The quantitative estimate of drug-likeness (QED) is 0.744. The van der Waals surface area contributed by atoms with Crippen molar-refractivity contribution >= 4 is 0 Å². The summed E-state index contributed by atoms with van der Waals surface area (Å²) in [6, 6.07) is 0. The highest BCUT2D eigenvalue weighted by atomic mass is 19.4. The fraction of sp³-hybridized carbons (Fsp3) is 1.00. The third kappa shape index (κ3) is 3.52. The van der Waals surface area contributed by atoms with E-state index in [0.29, 0.717) is 13.1 Å². The molecule has 0 aliphatic carbocycles. The number of aliphatic hydroxyl groups is 1. The molecule has 0 fully saturated rings. The molecular formula is C8H16F3NO. The lowest BCUT2D eigenvalue weighted by molar-refractivity contribution is -0.257. The molecule has 0 aliphatic heterocycles. The van der Waals surface area contributed by atoms with Crippen LogP contribution in [0.3, 0.4) is 0 Å². The summed E-state index contributed by atoms with van der Waals surface area (Å²) < 4.78 is 36.6. The molecule has 13 heavy (non-hydrogen) atoms. The predicted octanol–water partition coefficient (Wildman–Crippen LogP) is 1.64. The first-order chi connectivity index (χ1) is 5.74. The molecule has 1 N–H and O–H groups in total. The summed E-state index contributed by atoms with van der Waals surface area (Å²) in [5.41, 5.74) is -2.61. The first-order valence-corrected chi connectivity index (χ1v) is 4.26. The summed E-state index contributed by atoms with van der Waals surface area (Å²) >= 11 is 0. The van der Waals surface area contributed by atoms with Crippen LogP contribution in [0.15, 0.2) is 0 Å². The van der Waals surface area contributed by atoms with Gasteiger partial charge >= 0.3 is 6.18 Å². The van der Waals surface area contributed by atoms with Crippen LogP contribution in [0.1, 0.15) is 20.8 Å². The van der Waals surface area contributed by atoms with Gasteiger partial charge in [-0.2, -0.15) is 13.2 Å². The molecule has 1 atom stereocenters. The molecule has 0 saturated heterocycles. The van der Waals surface area contributed by atoms with Gasteiger partial charge < -0.3 is 10.0 Å². The van der Waals surface area contributed by atoms with Gasteiger partial charge in [0.1, 0.15) is 0 Å². The van der Waals surface area contributed by atoms with Crippen LogP contribution in [0.25, 0.3) is 0 Å². The highest BCUT2D eigenvalue weighted by Gasteiger charge is 2.50. The van der Waals surface area contributed by atoms with E-state index in [-0.39, 0.29) is 6.54 Å². The smallest absolute Gasteiger partial charge is 0.380 e. The number of alkyl halides is 3. The summed E-state index contributed by atoms with van der Waals surface area (Å²) in [4.78, 5) is 1.54. The van der Waals surface area contributed by atoms with E-state index in [1.165, 1.54) is 4.90 Å². The second-order valence-corrected chi connectivity index (χ2v) is 3.23. The summed E-state index contributed by atoms with van der Waals surface area (Å²) in [7, 11) is 0. The molecule has 0 amide bonds. The third-order valence-electron chi connectivity index (χ3n) is 2.04. The Morgan fingerprint density at radius 2 is 1.54 bits per heavy atom. The molecule has 0 saturated carbocycles. The molecule has 0 spiro atoms. The van der Waals surface area contributed by atoms with Crippen LogP contribution < -0.4 is 0 Å². The number of rotatable bonds is 4. The summed E-state index contributed by atoms with van der Waals surface area (Å²) in [6.07, 6.45) is -4.56. The molecule has 0 aromatic heterocycles. The maximum atomic E-state index is 12.2. The zero-order valence-electron chi connectivity index (χ0n) is 8.15. The molecule has 2 nitrogen and oxygen atoms in total. The van der Waals surface area contributed by atoms with Crippen LogP contribution in [0, 0.1) is 0 Å². The van der Waals surface area contributed by atoms with Crippen molar-refractivity contribution in [2.24, 2.45) is 0 Å².